The zero-order chi connectivity index (χ0) is 20.3. The van der Waals surface area contributed by atoms with Gasteiger partial charge in [0.15, 0.2) is 0 Å². The summed E-state index contributed by atoms with van der Waals surface area (Å²) in [6, 6.07) is 21.6. The Morgan fingerprint density at radius 3 is 1.46 bits per heavy atom. The van der Waals surface area contributed by atoms with Crippen molar-refractivity contribution in [2.45, 2.75) is 45.7 Å². The molecular weight excluding hydrogens is 366 g/mol. The second-order valence-electron chi connectivity index (χ2n) is 7.33. The van der Waals surface area contributed by atoms with Gasteiger partial charge in [0.1, 0.15) is 0 Å². The second kappa shape index (κ2) is 8.29. The maximum atomic E-state index is 13.8. The molecule has 4 heteroatoms. The quantitative estimate of drug-likeness (QED) is 0.569. The molecule has 0 aliphatic rings. The number of hydrogen-bond donors (Lipinski definition) is 0. The summed E-state index contributed by atoms with van der Waals surface area (Å²) in [5, 5.41) is 0. The Labute approximate surface area is 168 Å². The highest BCUT2D eigenvalue weighted by molar-refractivity contribution is 7.89. The van der Waals surface area contributed by atoms with Crippen molar-refractivity contribution in [1.82, 2.24) is 4.31 Å². The molecule has 0 saturated heterocycles. The van der Waals surface area contributed by atoms with Gasteiger partial charge >= 0.3 is 0 Å². The van der Waals surface area contributed by atoms with Crippen LogP contribution in [0.15, 0.2) is 71.6 Å². The fourth-order valence-corrected chi connectivity index (χ4v) is 5.49. The monoisotopic (exact) mass is 393 g/mol. The van der Waals surface area contributed by atoms with E-state index in [0.29, 0.717) is 18.0 Å². The molecule has 0 aromatic heterocycles. The maximum absolute atomic E-state index is 13.8. The molecule has 28 heavy (non-hydrogen) atoms. The molecule has 3 rings (SSSR count). The molecule has 0 spiro atoms. The smallest absolute Gasteiger partial charge is 0.207 e. The van der Waals surface area contributed by atoms with Crippen LogP contribution in [-0.2, 0) is 23.1 Å². The van der Waals surface area contributed by atoms with Gasteiger partial charge in [0, 0.05) is 13.1 Å². The lowest BCUT2D eigenvalue weighted by Gasteiger charge is -2.26. The Balaban J connectivity index is 2.11. The number of nitrogens with zero attached hydrogens (tertiary/aromatic N) is 1. The molecule has 0 aliphatic carbocycles. The zero-order valence-corrected chi connectivity index (χ0v) is 17.8. The molecule has 0 N–H and O–H groups in total. The van der Waals surface area contributed by atoms with Gasteiger partial charge in [-0.3, -0.25) is 0 Å². The summed E-state index contributed by atoms with van der Waals surface area (Å²) < 4.78 is 29.2. The molecule has 146 valence electrons. The van der Waals surface area contributed by atoms with E-state index in [2.05, 4.69) is 6.07 Å². The summed E-state index contributed by atoms with van der Waals surface area (Å²) in [6.07, 6.45) is 0. The molecule has 3 aromatic rings. The van der Waals surface area contributed by atoms with E-state index >= 15 is 0 Å². The average Bonchev–Trinajstić information content (AvgIpc) is 2.67. The van der Waals surface area contributed by atoms with Crippen LogP contribution in [0.4, 0.5) is 0 Å². The molecule has 0 heterocycles. The molecule has 0 saturated carbocycles. The molecule has 0 aliphatic heterocycles. The van der Waals surface area contributed by atoms with Crippen LogP contribution in [0.5, 0.6) is 0 Å². The Bertz CT molecular complexity index is 991. The fourth-order valence-electron chi connectivity index (χ4n) is 3.50. The molecule has 0 bridgehead atoms. The third kappa shape index (κ3) is 4.18. The van der Waals surface area contributed by atoms with E-state index in [9.17, 15) is 8.42 Å². The van der Waals surface area contributed by atoms with Crippen molar-refractivity contribution in [2.24, 2.45) is 0 Å². The molecular formula is C24H27NO2S. The van der Waals surface area contributed by atoms with Crippen molar-refractivity contribution in [2.75, 3.05) is 0 Å². The molecule has 3 aromatic carbocycles. The van der Waals surface area contributed by atoms with Gasteiger partial charge in [-0.25, -0.2) is 8.42 Å². The molecule has 0 atom stereocenters. The predicted octanol–water partition coefficient (Wildman–Crippen LogP) is 5.31. The molecule has 0 unspecified atom stereocenters. The number of sulfonamides is 1. The van der Waals surface area contributed by atoms with E-state index in [-0.39, 0.29) is 0 Å². The number of hydrogen-bond acceptors (Lipinski definition) is 2. The summed E-state index contributed by atoms with van der Waals surface area (Å²) >= 11 is 0. The van der Waals surface area contributed by atoms with E-state index in [1.807, 2.05) is 88.4 Å². The number of aryl methyl sites for hydroxylation is 2. The minimum Gasteiger partial charge on any atom is -0.207 e. The highest BCUT2D eigenvalue weighted by Crippen LogP contribution is 2.30. The van der Waals surface area contributed by atoms with Crippen molar-refractivity contribution in [1.29, 1.82) is 0 Å². The van der Waals surface area contributed by atoms with E-state index in [0.717, 1.165) is 33.4 Å². The molecule has 0 radical (unpaired) electrons. The Hall–Kier alpha value is -2.43. The topological polar surface area (TPSA) is 37.4 Å². The fraction of sp³-hybridized carbons (Fsp3) is 0.250. The van der Waals surface area contributed by atoms with Crippen molar-refractivity contribution in [3.8, 4) is 0 Å². The first-order valence-corrected chi connectivity index (χ1v) is 10.9. The van der Waals surface area contributed by atoms with Crippen molar-refractivity contribution in [3.63, 3.8) is 0 Å². The second-order valence-corrected chi connectivity index (χ2v) is 9.21. The van der Waals surface area contributed by atoms with Gasteiger partial charge < -0.3 is 0 Å². The van der Waals surface area contributed by atoms with Crippen LogP contribution < -0.4 is 0 Å². The first kappa shape index (κ1) is 20.3. The third-order valence-corrected chi connectivity index (χ3v) is 7.36. The van der Waals surface area contributed by atoms with Gasteiger partial charge in [-0.1, -0.05) is 66.7 Å². The van der Waals surface area contributed by atoms with E-state index in [4.69, 9.17) is 0 Å². The minimum absolute atomic E-state index is 0.337. The molecule has 3 nitrogen and oxygen atoms in total. The van der Waals surface area contributed by atoms with Gasteiger partial charge in [0.05, 0.1) is 4.90 Å². The average molecular weight is 394 g/mol. The normalized spacial score (nSPS) is 11.8. The van der Waals surface area contributed by atoms with E-state index < -0.39 is 10.0 Å². The lowest BCUT2D eigenvalue weighted by Crippen LogP contribution is -2.31. The Morgan fingerprint density at radius 1 is 0.679 bits per heavy atom. The molecule has 0 fully saturated rings. The largest absolute Gasteiger partial charge is 0.244 e. The van der Waals surface area contributed by atoms with Gasteiger partial charge in [-0.2, -0.15) is 4.31 Å². The Morgan fingerprint density at radius 2 is 1.07 bits per heavy atom. The number of benzene rings is 3. The van der Waals surface area contributed by atoms with Gasteiger partial charge in [0.2, 0.25) is 10.0 Å². The summed E-state index contributed by atoms with van der Waals surface area (Å²) in [5.74, 6) is 0. The Kier molecular flexibility index (Phi) is 6.01. The van der Waals surface area contributed by atoms with Gasteiger partial charge in [-0.05, 0) is 61.1 Å². The van der Waals surface area contributed by atoms with E-state index in [1.54, 1.807) is 4.31 Å². The van der Waals surface area contributed by atoms with Crippen molar-refractivity contribution in [3.05, 3.63) is 100 Å². The predicted molar refractivity (Wildman–Crippen MR) is 115 cm³/mol. The molecule has 0 amide bonds. The van der Waals surface area contributed by atoms with E-state index in [1.165, 1.54) is 0 Å². The zero-order valence-electron chi connectivity index (χ0n) is 16.9. The third-order valence-electron chi connectivity index (χ3n) is 5.30. The minimum atomic E-state index is -3.67. The van der Waals surface area contributed by atoms with Crippen LogP contribution in [0.1, 0.15) is 33.4 Å². The van der Waals surface area contributed by atoms with Crippen LogP contribution in [0, 0.1) is 27.7 Å². The summed E-state index contributed by atoms with van der Waals surface area (Å²) in [7, 11) is -3.67. The highest BCUT2D eigenvalue weighted by atomic mass is 32.2. The van der Waals surface area contributed by atoms with Crippen molar-refractivity contribution >= 4 is 10.0 Å². The summed E-state index contributed by atoms with van der Waals surface area (Å²) in [5.41, 5.74) is 5.61. The summed E-state index contributed by atoms with van der Waals surface area (Å²) in [4.78, 5) is 0.442. The standard InChI is InChI=1S/C24H27NO2S/c1-18-15-19(2)21(4)24(20(18)3)28(26,27)25(16-22-11-7-5-8-12-22)17-23-13-9-6-10-14-23/h5-15H,16-17H2,1-4H3. The summed E-state index contributed by atoms with van der Waals surface area (Å²) in [6.45, 7) is 8.42. The van der Waals surface area contributed by atoms with Crippen LogP contribution in [0.3, 0.4) is 0 Å². The first-order valence-electron chi connectivity index (χ1n) is 9.46. The lowest BCUT2D eigenvalue weighted by molar-refractivity contribution is 0.400. The number of rotatable bonds is 6. The van der Waals surface area contributed by atoms with Crippen LogP contribution in [0.25, 0.3) is 0 Å². The van der Waals surface area contributed by atoms with Crippen molar-refractivity contribution < 1.29 is 8.42 Å². The maximum Gasteiger partial charge on any atom is 0.244 e. The highest BCUT2D eigenvalue weighted by Gasteiger charge is 2.29. The lowest BCUT2D eigenvalue weighted by atomic mass is 10.0. The van der Waals surface area contributed by atoms with Gasteiger partial charge in [0.25, 0.3) is 0 Å². The van der Waals surface area contributed by atoms with Crippen LogP contribution in [0.2, 0.25) is 0 Å². The first-order chi connectivity index (χ1) is 13.3. The van der Waals surface area contributed by atoms with Gasteiger partial charge in [-0.15, -0.1) is 0 Å². The van der Waals surface area contributed by atoms with Crippen LogP contribution >= 0.6 is 0 Å². The van der Waals surface area contributed by atoms with Crippen LogP contribution in [-0.4, -0.2) is 12.7 Å². The SMILES string of the molecule is Cc1cc(C)c(C)c(S(=O)(=O)N(Cc2ccccc2)Cc2ccccc2)c1C.